The van der Waals surface area contributed by atoms with Crippen molar-refractivity contribution >= 4 is 0 Å². The van der Waals surface area contributed by atoms with Gasteiger partial charge in [-0.2, -0.15) is 0 Å². The predicted molar refractivity (Wildman–Crippen MR) is 153 cm³/mol. The highest BCUT2D eigenvalue weighted by molar-refractivity contribution is 5.85. The molecular formula is C36H34. The first-order valence-electron chi connectivity index (χ1n) is 13.3. The van der Waals surface area contributed by atoms with Crippen molar-refractivity contribution in [2.45, 2.75) is 43.4 Å². The van der Waals surface area contributed by atoms with Crippen LogP contribution in [0.4, 0.5) is 0 Å². The molecule has 36 heavy (non-hydrogen) atoms. The molecule has 0 spiro atoms. The highest BCUT2D eigenvalue weighted by atomic mass is 14.6. The van der Waals surface area contributed by atoms with Gasteiger partial charge in [-0.15, -0.1) is 13.2 Å². The molecule has 4 aromatic carbocycles. The molecule has 0 heterocycles. The molecule has 2 aliphatic rings. The number of fused-ring (bicyclic) bond motifs is 6. The summed E-state index contributed by atoms with van der Waals surface area (Å²) in [6.07, 6.45) is 8.39. The molecule has 0 heteroatoms. The molecule has 0 fully saturated rings. The van der Waals surface area contributed by atoms with Crippen molar-refractivity contribution in [1.29, 1.82) is 0 Å². The molecule has 0 bridgehead atoms. The summed E-state index contributed by atoms with van der Waals surface area (Å²) in [4.78, 5) is 0. The molecule has 0 unspecified atom stereocenters. The van der Waals surface area contributed by atoms with Gasteiger partial charge in [-0.1, -0.05) is 123 Å². The van der Waals surface area contributed by atoms with Crippen LogP contribution < -0.4 is 0 Å². The predicted octanol–water partition coefficient (Wildman–Crippen LogP) is 9.49. The zero-order valence-electron chi connectivity index (χ0n) is 21.2. The summed E-state index contributed by atoms with van der Waals surface area (Å²) in [5, 5.41) is 0. The van der Waals surface area contributed by atoms with Crippen LogP contribution in [0.5, 0.6) is 0 Å². The number of rotatable bonds is 8. The Morgan fingerprint density at radius 3 is 1.14 bits per heavy atom. The fourth-order valence-electron chi connectivity index (χ4n) is 7.85. The lowest BCUT2D eigenvalue weighted by molar-refractivity contribution is 0.198. The Morgan fingerprint density at radius 1 is 0.556 bits per heavy atom. The molecule has 6 rings (SSSR count). The van der Waals surface area contributed by atoms with E-state index in [2.05, 4.69) is 129 Å². The van der Waals surface area contributed by atoms with E-state index in [0.717, 1.165) is 25.7 Å². The van der Waals surface area contributed by atoms with Crippen LogP contribution in [-0.4, -0.2) is 0 Å². The topological polar surface area (TPSA) is 0 Å². The minimum absolute atomic E-state index is 0.168. The zero-order valence-corrected chi connectivity index (χ0v) is 21.2. The van der Waals surface area contributed by atoms with Crippen LogP contribution in [0, 0.1) is 5.92 Å². The van der Waals surface area contributed by atoms with Gasteiger partial charge in [0.1, 0.15) is 0 Å². The van der Waals surface area contributed by atoms with Crippen LogP contribution >= 0.6 is 0 Å². The fraction of sp³-hybridized carbons (Fsp3) is 0.222. The highest BCUT2D eigenvalue weighted by Crippen LogP contribution is 2.65. The minimum atomic E-state index is -0.168. The second-order valence-electron chi connectivity index (χ2n) is 10.5. The number of hydrogen-bond acceptors (Lipinski definition) is 0. The molecule has 0 N–H and O–H groups in total. The molecule has 0 aliphatic heterocycles. The summed E-state index contributed by atoms with van der Waals surface area (Å²) >= 11 is 0. The van der Waals surface area contributed by atoms with E-state index in [1.54, 1.807) is 0 Å². The summed E-state index contributed by atoms with van der Waals surface area (Å²) < 4.78 is 0. The highest BCUT2D eigenvalue weighted by Gasteiger charge is 2.58. The number of benzene rings is 4. The molecule has 0 aromatic heterocycles. The smallest absolute Gasteiger partial charge is 0.0289 e. The van der Waals surface area contributed by atoms with Crippen LogP contribution in [0.25, 0.3) is 22.3 Å². The van der Waals surface area contributed by atoms with Gasteiger partial charge in [-0.05, 0) is 69.7 Å². The molecule has 2 aliphatic carbocycles. The van der Waals surface area contributed by atoms with Crippen molar-refractivity contribution in [2.24, 2.45) is 5.92 Å². The lowest BCUT2D eigenvalue weighted by Gasteiger charge is -2.50. The average Bonchev–Trinajstić information content (AvgIpc) is 3.37. The summed E-state index contributed by atoms with van der Waals surface area (Å²) in [6.45, 7) is 11.0. The molecule has 178 valence electrons. The van der Waals surface area contributed by atoms with E-state index in [1.807, 2.05) is 0 Å². The SMILES string of the molecule is C=CCC1(C(CCC)C2(CC=C)c3ccccc3-c3ccccc32)c2ccccc2-c2ccccc21. The Balaban J connectivity index is 1.75. The van der Waals surface area contributed by atoms with E-state index in [4.69, 9.17) is 0 Å². The Labute approximate surface area is 216 Å². The van der Waals surface area contributed by atoms with E-state index in [9.17, 15) is 0 Å². The third-order valence-corrected chi connectivity index (χ3v) is 8.91. The van der Waals surface area contributed by atoms with Gasteiger partial charge in [0.15, 0.2) is 0 Å². The van der Waals surface area contributed by atoms with Gasteiger partial charge < -0.3 is 0 Å². The first-order chi connectivity index (χ1) is 17.7. The quantitative estimate of drug-likeness (QED) is 0.227. The molecule has 0 saturated carbocycles. The van der Waals surface area contributed by atoms with Gasteiger partial charge in [0, 0.05) is 10.8 Å². The average molecular weight is 467 g/mol. The molecule has 0 saturated heterocycles. The maximum Gasteiger partial charge on any atom is 0.0289 e. The fourth-order valence-corrected chi connectivity index (χ4v) is 7.85. The van der Waals surface area contributed by atoms with Gasteiger partial charge in [-0.25, -0.2) is 0 Å². The van der Waals surface area contributed by atoms with Crippen LogP contribution in [0.1, 0.15) is 54.9 Å². The Morgan fingerprint density at radius 2 is 0.861 bits per heavy atom. The molecular weight excluding hydrogens is 432 g/mol. The van der Waals surface area contributed by atoms with E-state index in [-0.39, 0.29) is 10.8 Å². The minimum Gasteiger partial charge on any atom is -0.103 e. The molecule has 4 aromatic rings. The molecule has 0 nitrogen and oxygen atoms in total. The normalized spacial score (nSPS) is 15.6. The maximum atomic E-state index is 4.32. The van der Waals surface area contributed by atoms with Crippen molar-refractivity contribution in [2.75, 3.05) is 0 Å². The van der Waals surface area contributed by atoms with Crippen LogP contribution in [0.15, 0.2) is 122 Å². The van der Waals surface area contributed by atoms with Crippen molar-refractivity contribution in [1.82, 2.24) is 0 Å². The summed E-state index contributed by atoms with van der Waals surface area (Å²) in [6, 6.07) is 36.5. The molecule has 0 atom stereocenters. The van der Waals surface area contributed by atoms with E-state index < -0.39 is 0 Å². The van der Waals surface area contributed by atoms with Crippen LogP contribution in [0.2, 0.25) is 0 Å². The maximum absolute atomic E-state index is 4.32. The van der Waals surface area contributed by atoms with Gasteiger partial charge >= 0.3 is 0 Å². The lowest BCUT2D eigenvalue weighted by Crippen LogP contribution is -2.48. The van der Waals surface area contributed by atoms with Crippen LogP contribution in [0.3, 0.4) is 0 Å². The first kappa shape index (κ1) is 22.8. The van der Waals surface area contributed by atoms with Crippen molar-refractivity contribution in [3.05, 3.63) is 145 Å². The molecule has 0 radical (unpaired) electrons. The Hall–Kier alpha value is -3.64. The summed E-state index contributed by atoms with van der Waals surface area (Å²) in [5.74, 6) is 0.334. The van der Waals surface area contributed by atoms with Gasteiger partial charge in [0.05, 0.1) is 0 Å². The van der Waals surface area contributed by atoms with Gasteiger partial charge in [0.2, 0.25) is 0 Å². The third kappa shape index (κ3) is 2.88. The Kier molecular flexibility index (Phi) is 5.56. The lowest BCUT2D eigenvalue weighted by atomic mass is 9.52. The van der Waals surface area contributed by atoms with Crippen molar-refractivity contribution < 1.29 is 0 Å². The standard InChI is InChI=1S/C36H34/c1-4-15-34(35(24-5-2)30-20-11-7-16-26(30)27-17-8-12-21-31(27)35)36(25-6-3)32-22-13-9-18-28(32)29-19-10-14-23-33(29)36/h5-14,16-23,34H,2-4,15,24-25H2,1H3. The number of hydrogen-bond donors (Lipinski definition) is 0. The Bertz CT molecular complexity index is 1250. The van der Waals surface area contributed by atoms with E-state index in [1.165, 1.54) is 44.5 Å². The van der Waals surface area contributed by atoms with Crippen molar-refractivity contribution in [3.8, 4) is 22.3 Å². The zero-order chi connectivity index (χ0) is 24.8. The van der Waals surface area contributed by atoms with Gasteiger partial charge in [0.25, 0.3) is 0 Å². The second kappa shape index (κ2) is 8.79. The first-order valence-corrected chi connectivity index (χ1v) is 13.3. The van der Waals surface area contributed by atoms with Crippen molar-refractivity contribution in [3.63, 3.8) is 0 Å². The second-order valence-corrected chi connectivity index (χ2v) is 10.5. The molecule has 0 amide bonds. The largest absolute Gasteiger partial charge is 0.103 e. The van der Waals surface area contributed by atoms with Gasteiger partial charge in [-0.3, -0.25) is 0 Å². The summed E-state index contributed by atoms with van der Waals surface area (Å²) in [7, 11) is 0. The summed E-state index contributed by atoms with van der Waals surface area (Å²) in [5.41, 5.74) is 11.0. The van der Waals surface area contributed by atoms with E-state index >= 15 is 0 Å². The van der Waals surface area contributed by atoms with E-state index in [0.29, 0.717) is 5.92 Å². The number of allylic oxidation sites excluding steroid dienone is 2. The monoisotopic (exact) mass is 466 g/mol. The van der Waals surface area contributed by atoms with Crippen LogP contribution in [-0.2, 0) is 10.8 Å². The third-order valence-electron chi connectivity index (χ3n) is 8.91.